The fraction of sp³-hybridized carbons (Fsp3) is 0.188. The smallest absolute Gasteiger partial charge is 0.325 e. The highest BCUT2D eigenvalue weighted by atomic mass is 16.1. The SMILES string of the molecule is NC(=O)c1ccc(-c2ccnc3[nH]c(=O)[nH]c23)cc1C1CC1. The van der Waals surface area contributed by atoms with Crippen molar-refractivity contribution >= 4 is 17.1 Å². The van der Waals surface area contributed by atoms with E-state index in [0.717, 1.165) is 29.5 Å². The van der Waals surface area contributed by atoms with E-state index in [-0.39, 0.29) is 5.69 Å². The minimum atomic E-state index is -0.400. The van der Waals surface area contributed by atoms with Gasteiger partial charge in [-0.3, -0.25) is 9.78 Å². The summed E-state index contributed by atoms with van der Waals surface area (Å²) < 4.78 is 0. The number of carbonyl (C=O) groups excluding carboxylic acids is 1. The molecule has 0 atom stereocenters. The van der Waals surface area contributed by atoms with Gasteiger partial charge in [-0.15, -0.1) is 0 Å². The maximum atomic E-state index is 11.6. The predicted octanol–water partition coefficient (Wildman–Crippen LogP) is 1.89. The summed E-state index contributed by atoms with van der Waals surface area (Å²) in [5.41, 5.74) is 9.76. The molecule has 3 aromatic rings. The Balaban J connectivity index is 1.93. The molecule has 2 heterocycles. The number of aromatic amines is 2. The van der Waals surface area contributed by atoms with Crippen LogP contribution in [-0.2, 0) is 0 Å². The maximum absolute atomic E-state index is 11.6. The lowest BCUT2D eigenvalue weighted by atomic mass is 9.96. The molecule has 0 bridgehead atoms. The Hall–Kier alpha value is -2.89. The van der Waals surface area contributed by atoms with E-state index in [1.807, 2.05) is 18.2 Å². The van der Waals surface area contributed by atoms with Crippen molar-refractivity contribution in [1.82, 2.24) is 15.0 Å². The summed E-state index contributed by atoms with van der Waals surface area (Å²) in [5, 5.41) is 0. The quantitative estimate of drug-likeness (QED) is 0.687. The Morgan fingerprint density at radius 3 is 2.77 bits per heavy atom. The molecule has 1 aromatic carbocycles. The number of nitrogens with zero attached hydrogens (tertiary/aromatic N) is 1. The third-order valence-electron chi connectivity index (χ3n) is 4.07. The number of primary amides is 1. The van der Waals surface area contributed by atoms with Gasteiger partial charge in [0.15, 0.2) is 5.65 Å². The van der Waals surface area contributed by atoms with Crippen LogP contribution in [0.15, 0.2) is 35.3 Å². The van der Waals surface area contributed by atoms with Gasteiger partial charge in [0.2, 0.25) is 5.91 Å². The second-order valence-electron chi connectivity index (χ2n) is 5.60. The van der Waals surface area contributed by atoms with Crippen LogP contribution >= 0.6 is 0 Å². The van der Waals surface area contributed by atoms with Gasteiger partial charge in [0.25, 0.3) is 0 Å². The van der Waals surface area contributed by atoms with Crippen LogP contribution in [-0.4, -0.2) is 20.9 Å². The molecule has 0 radical (unpaired) electrons. The molecule has 1 aliphatic rings. The van der Waals surface area contributed by atoms with Gasteiger partial charge in [-0.1, -0.05) is 6.07 Å². The van der Waals surface area contributed by atoms with Gasteiger partial charge < -0.3 is 10.7 Å². The minimum Gasteiger partial charge on any atom is -0.366 e. The van der Waals surface area contributed by atoms with Crippen molar-refractivity contribution in [2.75, 3.05) is 0 Å². The molecule has 22 heavy (non-hydrogen) atoms. The number of fused-ring (bicyclic) bond motifs is 1. The van der Waals surface area contributed by atoms with Crippen molar-refractivity contribution in [3.05, 3.63) is 52.1 Å². The summed E-state index contributed by atoms with van der Waals surface area (Å²) in [4.78, 5) is 32.6. The number of H-pyrrole nitrogens is 2. The number of aromatic nitrogens is 3. The molecular weight excluding hydrogens is 280 g/mol. The number of benzene rings is 1. The number of hydrogen-bond acceptors (Lipinski definition) is 3. The first-order valence-corrected chi connectivity index (χ1v) is 7.14. The highest BCUT2D eigenvalue weighted by Gasteiger charge is 2.28. The number of pyridine rings is 1. The van der Waals surface area contributed by atoms with Crippen LogP contribution in [0.2, 0.25) is 0 Å². The van der Waals surface area contributed by atoms with Crippen LogP contribution in [0.4, 0.5) is 0 Å². The molecular formula is C16H14N4O2. The number of amides is 1. The molecule has 0 aliphatic heterocycles. The molecule has 110 valence electrons. The van der Waals surface area contributed by atoms with Crippen molar-refractivity contribution in [2.24, 2.45) is 5.73 Å². The molecule has 1 amide bonds. The highest BCUT2D eigenvalue weighted by molar-refractivity contribution is 5.96. The Bertz CT molecular complexity index is 950. The number of carbonyl (C=O) groups is 1. The van der Waals surface area contributed by atoms with E-state index in [4.69, 9.17) is 5.73 Å². The van der Waals surface area contributed by atoms with Crippen molar-refractivity contribution in [3.8, 4) is 11.1 Å². The fourth-order valence-electron chi connectivity index (χ4n) is 2.86. The molecule has 0 saturated heterocycles. The maximum Gasteiger partial charge on any atom is 0.325 e. The molecule has 0 unspecified atom stereocenters. The number of imidazole rings is 1. The van der Waals surface area contributed by atoms with Gasteiger partial charge in [0.1, 0.15) is 0 Å². The third-order valence-corrected chi connectivity index (χ3v) is 4.07. The third kappa shape index (κ3) is 2.00. The summed E-state index contributed by atoms with van der Waals surface area (Å²) in [6.45, 7) is 0. The minimum absolute atomic E-state index is 0.286. The van der Waals surface area contributed by atoms with E-state index in [0.29, 0.717) is 22.6 Å². The molecule has 4 rings (SSSR count). The first kappa shape index (κ1) is 12.8. The van der Waals surface area contributed by atoms with Gasteiger partial charge in [-0.2, -0.15) is 0 Å². The standard InChI is InChI=1S/C16H14N4O2/c17-14(21)11-4-3-9(7-12(11)8-1-2-8)10-5-6-18-15-13(10)19-16(22)20-15/h3-8H,1-2H2,(H2,17,21)(H2,18,19,20,22). The van der Waals surface area contributed by atoms with E-state index >= 15 is 0 Å². The molecule has 1 saturated carbocycles. The van der Waals surface area contributed by atoms with Crippen molar-refractivity contribution in [3.63, 3.8) is 0 Å². The van der Waals surface area contributed by atoms with E-state index in [1.165, 1.54) is 0 Å². The topological polar surface area (TPSA) is 105 Å². The second kappa shape index (κ2) is 4.56. The van der Waals surface area contributed by atoms with E-state index in [1.54, 1.807) is 12.3 Å². The predicted molar refractivity (Wildman–Crippen MR) is 82.6 cm³/mol. The first-order chi connectivity index (χ1) is 10.6. The molecule has 1 fully saturated rings. The summed E-state index contributed by atoms with van der Waals surface area (Å²) >= 11 is 0. The number of hydrogen-bond donors (Lipinski definition) is 3. The van der Waals surface area contributed by atoms with Gasteiger partial charge in [0.05, 0.1) is 5.52 Å². The van der Waals surface area contributed by atoms with Crippen LogP contribution in [0.25, 0.3) is 22.3 Å². The van der Waals surface area contributed by atoms with Gasteiger partial charge in [0, 0.05) is 17.3 Å². The monoisotopic (exact) mass is 294 g/mol. The summed E-state index contributed by atoms with van der Waals surface area (Å²) in [6.07, 6.45) is 3.81. The van der Waals surface area contributed by atoms with E-state index in [9.17, 15) is 9.59 Å². The average molecular weight is 294 g/mol. The van der Waals surface area contributed by atoms with Gasteiger partial charge >= 0.3 is 5.69 Å². The zero-order valence-electron chi connectivity index (χ0n) is 11.7. The van der Waals surface area contributed by atoms with Crippen LogP contribution in [0.5, 0.6) is 0 Å². The van der Waals surface area contributed by atoms with Crippen molar-refractivity contribution < 1.29 is 4.79 Å². The Morgan fingerprint density at radius 1 is 1.23 bits per heavy atom. The number of rotatable bonds is 3. The van der Waals surface area contributed by atoms with Crippen LogP contribution in [0.3, 0.4) is 0 Å². The summed E-state index contributed by atoms with van der Waals surface area (Å²) in [5.74, 6) is 0.00780. The first-order valence-electron chi connectivity index (χ1n) is 7.14. The van der Waals surface area contributed by atoms with E-state index < -0.39 is 5.91 Å². The van der Waals surface area contributed by atoms with Gasteiger partial charge in [-0.05, 0) is 48.1 Å². The van der Waals surface area contributed by atoms with E-state index in [2.05, 4.69) is 15.0 Å². The lowest BCUT2D eigenvalue weighted by molar-refractivity contribution is 0.0999. The van der Waals surface area contributed by atoms with Crippen molar-refractivity contribution in [1.29, 1.82) is 0 Å². The summed E-state index contributed by atoms with van der Waals surface area (Å²) in [7, 11) is 0. The molecule has 1 aliphatic carbocycles. The Labute approximate surface area is 125 Å². The molecule has 2 aromatic heterocycles. The Kier molecular flexibility index (Phi) is 2.66. The highest BCUT2D eigenvalue weighted by Crippen LogP contribution is 2.43. The molecule has 6 nitrogen and oxygen atoms in total. The molecule has 4 N–H and O–H groups in total. The zero-order valence-corrected chi connectivity index (χ0v) is 11.7. The molecule has 6 heteroatoms. The van der Waals surface area contributed by atoms with Crippen LogP contribution in [0, 0.1) is 0 Å². The van der Waals surface area contributed by atoms with Crippen LogP contribution < -0.4 is 11.4 Å². The number of nitrogens with two attached hydrogens (primary N) is 1. The summed E-state index contributed by atoms with van der Waals surface area (Å²) in [6, 6.07) is 7.47. The number of nitrogens with one attached hydrogen (secondary N) is 2. The average Bonchev–Trinajstić information content (AvgIpc) is 3.27. The largest absolute Gasteiger partial charge is 0.366 e. The van der Waals surface area contributed by atoms with Gasteiger partial charge in [-0.25, -0.2) is 9.78 Å². The Morgan fingerprint density at radius 2 is 2.05 bits per heavy atom. The zero-order chi connectivity index (χ0) is 15.3. The normalized spacial score (nSPS) is 14.4. The van der Waals surface area contributed by atoms with Crippen molar-refractivity contribution in [2.45, 2.75) is 18.8 Å². The lowest BCUT2D eigenvalue weighted by Crippen LogP contribution is -2.13. The van der Waals surface area contributed by atoms with Crippen LogP contribution in [0.1, 0.15) is 34.7 Å². The lowest BCUT2D eigenvalue weighted by Gasteiger charge is -2.09. The molecule has 0 spiro atoms. The fourth-order valence-corrected chi connectivity index (χ4v) is 2.86. The second-order valence-corrected chi connectivity index (χ2v) is 5.60.